The van der Waals surface area contributed by atoms with Crippen LogP contribution < -0.4 is 5.32 Å². The van der Waals surface area contributed by atoms with Crippen LogP contribution in [0.25, 0.3) is 0 Å². The van der Waals surface area contributed by atoms with E-state index < -0.39 is 30.5 Å². The first-order chi connectivity index (χ1) is 7.00. The number of rotatable bonds is 3. The molecule has 0 aliphatic carbocycles. The summed E-state index contributed by atoms with van der Waals surface area (Å²) in [4.78, 5) is 22.2. The number of nitrogens with one attached hydrogen (secondary N) is 1. The molecule has 4 nitrogen and oxygen atoms in total. The van der Waals surface area contributed by atoms with Gasteiger partial charge in [-0.25, -0.2) is 0 Å². The lowest BCUT2D eigenvalue weighted by molar-refractivity contribution is -0.269. The monoisotopic (exact) mass is 248 g/mol. The van der Waals surface area contributed by atoms with Gasteiger partial charge in [-0.15, -0.1) is 0 Å². The Kier molecular flexibility index (Phi) is 4.21. The van der Waals surface area contributed by atoms with Crippen molar-refractivity contribution in [3.8, 4) is 0 Å². The fourth-order valence-corrected chi connectivity index (χ4v) is 0.554. The Hall–Kier alpha value is -1.41. The number of nitrogens with zero attached hydrogens (tertiary/aromatic N) is 1. The molecule has 9 heteroatoms. The first-order valence-electron chi connectivity index (χ1n) is 3.93. The van der Waals surface area contributed by atoms with Gasteiger partial charge in [0, 0.05) is 14.1 Å². The topological polar surface area (TPSA) is 49.4 Å². The van der Waals surface area contributed by atoms with Crippen LogP contribution in [0.2, 0.25) is 0 Å². The van der Waals surface area contributed by atoms with E-state index in [1.54, 1.807) is 0 Å². The lowest BCUT2D eigenvalue weighted by Crippen LogP contribution is -2.52. The molecule has 0 saturated carbocycles. The van der Waals surface area contributed by atoms with Crippen molar-refractivity contribution in [2.75, 3.05) is 20.6 Å². The van der Waals surface area contributed by atoms with Crippen LogP contribution in [-0.2, 0) is 9.59 Å². The Labute approximate surface area is 87.4 Å². The van der Waals surface area contributed by atoms with Crippen molar-refractivity contribution in [2.24, 2.45) is 0 Å². The summed E-state index contributed by atoms with van der Waals surface area (Å²) < 4.78 is 59.6. The van der Waals surface area contributed by atoms with Crippen LogP contribution in [0.4, 0.5) is 22.0 Å². The summed E-state index contributed by atoms with van der Waals surface area (Å²) in [6, 6.07) is 0. The van der Waals surface area contributed by atoms with Crippen molar-refractivity contribution in [3.63, 3.8) is 0 Å². The largest absolute Gasteiger partial charge is 0.463 e. The van der Waals surface area contributed by atoms with Crippen LogP contribution in [0.1, 0.15) is 0 Å². The molecule has 94 valence electrons. The van der Waals surface area contributed by atoms with Gasteiger partial charge in [0.15, 0.2) is 0 Å². The third kappa shape index (κ3) is 3.31. The molecule has 1 N–H and O–H groups in total. The number of alkyl halides is 5. The van der Waals surface area contributed by atoms with Crippen LogP contribution in [0, 0.1) is 0 Å². The fraction of sp³-hybridized carbons (Fsp3) is 0.714. The number of carbonyl (C=O) groups is 2. The molecular weight excluding hydrogens is 239 g/mol. The molecule has 0 bridgehead atoms. The lowest BCUT2D eigenvalue weighted by atomic mass is 10.3. The Balaban J connectivity index is 4.44. The average molecular weight is 248 g/mol. The molecule has 0 saturated heterocycles. The van der Waals surface area contributed by atoms with E-state index >= 15 is 0 Å². The minimum atomic E-state index is -5.97. The van der Waals surface area contributed by atoms with Crippen LogP contribution in [0.5, 0.6) is 0 Å². The maximum absolute atomic E-state index is 12.3. The summed E-state index contributed by atoms with van der Waals surface area (Å²) in [6.45, 7) is -0.919. The van der Waals surface area contributed by atoms with Gasteiger partial charge in [0.1, 0.15) is 0 Å². The molecule has 16 heavy (non-hydrogen) atoms. The van der Waals surface area contributed by atoms with Crippen molar-refractivity contribution in [2.45, 2.75) is 12.1 Å². The lowest BCUT2D eigenvalue weighted by Gasteiger charge is -2.19. The molecule has 0 radical (unpaired) electrons. The van der Waals surface area contributed by atoms with Crippen molar-refractivity contribution in [1.82, 2.24) is 10.2 Å². The van der Waals surface area contributed by atoms with E-state index in [4.69, 9.17) is 0 Å². The summed E-state index contributed by atoms with van der Waals surface area (Å²) in [6.07, 6.45) is -5.97. The van der Waals surface area contributed by atoms with Crippen LogP contribution in [0.3, 0.4) is 0 Å². The summed E-state index contributed by atoms with van der Waals surface area (Å²) in [7, 11) is 2.52. The minimum absolute atomic E-state index is 0.800. The van der Waals surface area contributed by atoms with Gasteiger partial charge in [0.05, 0.1) is 6.54 Å². The molecule has 0 rings (SSSR count). The first kappa shape index (κ1) is 14.6. The fourth-order valence-electron chi connectivity index (χ4n) is 0.554. The smallest absolute Gasteiger partial charge is 0.347 e. The van der Waals surface area contributed by atoms with Gasteiger partial charge in [0.25, 0.3) is 0 Å². The van der Waals surface area contributed by atoms with Gasteiger partial charge in [0.2, 0.25) is 5.91 Å². The van der Waals surface area contributed by atoms with E-state index in [9.17, 15) is 31.5 Å². The van der Waals surface area contributed by atoms with Gasteiger partial charge in [-0.2, -0.15) is 22.0 Å². The third-order valence-corrected chi connectivity index (χ3v) is 1.54. The Morgan fingerprint density at radius 1 is 1.12 bits per heavy atom. The number of amides is 2. The van der Waals surface area contributed by atoms with Gasteiger partial charge in [-0.05, 0) is 0 Å². The molecule has 2 amide bonds. The third-order valence-electron chi connectivity index (χ3n) is 1.54. The van der Waals surface area contributed by atoms with Gasteiger partial charge in [-0.1, -0.05) is 0 Å². The summed E-state index contributed by atoms with van der Waals surface area (Å²) in [5.74, 6) is -8.85. The average Bonchev–Trinajstić information content (AvgIpc) is 2.11. The van der Waals surface area contributed by atoms with E-state index in [0.717, 1.165) is 4.90 Å². The molecule has 0 heterocycles. The number of hydrogen-bond acceptors (Lipinski definition) is 2. The standard InChI is InChI=1S/C7H9F5N2O2/c1-14(2)4(15)3-13-5(16)6(8,9)7(10,11)12/h3H2,1-2H3,(H,13,16). The molecular formula is C7H9F5N2O2. The molecule has 0 aromatic rings. The van der Waals surface area contributed by atoms with Crippen LogP contribution in [0.15, 0.2) is 0 Å². The van der Waals surface area contributed by atoms with E-state index in [-0.39, 0.29) is 0 Å². The molecule has 0 unspecified atom stereocenters. The van der Waals surface area contributed by atoms with Crippen LogP contribution >= 0.6 is 0 Å². The minimum Gasteiger partial charge on any atom is -0.347 e. The molecule has 0 aliphatic rings. The zero-order chi connectivity index (χ0) is 13.1. The maximum Gasteiger partial charge on any atom is 0.463 e. The molecule has 0 aromatic heterocycles. The second-order valence-electron chi connectivity index (χ2n) is 3.04. The molecule has 0 spiro atoms. The SMILES string of the molecule is CN(C)C(=O)CNC(=O)C(F)(F)C(F)(F)F. The van der Waals surface area contributed by atoms with Crippen molar-refractivity contribution in [1.29, 1.82) is 0 Å². The summed E-state index contributed by atoms with van der Waals surface area (Å²) in [5.41, 5.74) is 0. The highest BCUT2D eigenvalue weighted by atomic mass is 19.4. The Morgan fingerprint density at radius 3 is 1.88 bits per heavy atom. The van der Waals surface area contributed by atoms with E-state index in [2.05, 4.69) is 0 Å². The highest BCUT2D eigenvalue weighted by Gasteiger charge is 2.63. The number of hydrogen-bond donors (Lipinski definition) is 1. The number of carbonyl (C=O) groups excluding carboxylic acids is 2. The van der Waals surface area contributed by atoms with Crippen molar-refractivity contribution in [3.05, 3.63) is 0 Å². The zero-order valence-corrected chi connectivity index (χ0v) is 8.36. The predicted octanol–water partition coefficient (Wildman–Crippen LogP) is 0.388. The van der Waals surface area contributed by atoms with E-state index in [1.165, 1.54) is 19.4 Å². The van der Waals surface area contributed by atoms with Gasteiger partial charge >= 0.3 is 18.0 Å². The normalized spacial score (nSPS) is 12.2. The molecule has 0 fully saturated rings. The Morgan fingerprint density at radius 2 is 1.56 bits per heavy atom. The highest BCUT2D eigenvalue weighted by molar-refractivity contribution is 5.88. The van der Waals surface area contributed by atoms with E-state index in [0.29, 0.717) is 0 Å². The van der Waals surface area contributed by atoms with Crippen molar-refractivity contribution >= 4 is 11.8 Å². The second kappa shape index (κ2) is 4.62. The van der Waals surface area contributed by atoms with Crippen molar-refractivity contribution < 1.29 is 31.5 Å². The molecule has 0 atom stereocenters. The quantitative estimate of drug-likeness (QED) is 0.734. The maximum atomic E-state index is 12.3. The predicted molar refractivity (Wildman–Crippen MR) is 42.7 cm³/mol. The number of halogens is 5. The van der Waals surface area contributed by atoms with Gasteiger partial charge in [-0.3, -0.25) is 9.59 Å². The van der Waals surface area contributed by atoms with E-state index in [1.807, 2.05) is 0 Å². The zero-order valence-electron chi connectivity index (χ0n) is 8.36. The van der Waals surface area contributed by atoms with Crippen LogP contribution in [-0.4, -0.2) is 49.5 Å². The van der Waals surface area contributed by atoms with Gasteiger partial charge < -0.3 is 10.2 Å². The first-order valence-corrected chi connectivity index (χ1v) is 3.93. The number of likely N-dealkylation sites (N-methyl/N-ethyl adjacent to an activating group) is 1. The second-order valence-corrected chi connectivity index (χ2v) is 3.04. The molecule has 0 aromatic carbocycles. The highest BCUT2D eigenvalue weighted by Crippen LogP contribution is 2.35. The Bertz CT molecular complexity index is 287. The molecule has 0 aliphatic heterocycles. The summed E-state index contributed by atoms with van der Waals surface area (Å²) in [5, 5.41) is 1.21. The summed E-state index contributed by atoms with van der Waals surface area (Å²) >= 11 is 0.